The first-order valence-electron chi connectivity index (χ1n) is 8.21. The van der Waals surface area contributed by atoms with Crippen molar-refractivity contribution in [3.63, 3.8) is 0 Å². The summed E-state index contributed by atoms with van der Waals surface area (Å²) >= 11 is 2.28. The van der Waals surface area contributed by atoms with E-state index in [2.05, 4.69) is 15.5 Å². The van der Waals surface area contributed by atoms with Gasteiger partial charge in [-0.2, -0.15) is 0 Å². The van der Waals surface area contributed by atoms with Crippen LogP contribution in [0.15, 0.2) is 10.5 Å². The van der Waals surface area contributed by atoms with Gasteiger partial charge >= 0.3 is 11.9 Å². The number of anilines is 1. The summed E-state index contributed by atoms with van der Waals surface area (Å²) in [4.78, 5) is 57.6. The highest BCUT2D eigenvalue weighted by molar-refractivity contribution is 8.00. The largest absolute Gasteiger partial charge is 0.480 e. The Labute approximate surface area is 172 Å². The van der Waals surface area contributed by atoms with Crippen molar-refractivity contribution in [2.75, 3.05) is 11.5 Å². The molecule has 3 rings (SSSR count). The van der Waals surface area contributed by atoms with Crippen LogP contribution >= 0.6 is 23.1 Å². The Hall–Kier alpha value is -2.87. The number of rotatable bonds is 7. The van der Waals surface area contributed by atoms with E-state index in [1.165, 1.54) is 35.9 Å². The second kappa shape index (κ2) is 7.51. The SMILES string of the molecule is CC(C)(O/N=C(\C(=O)NC1C(=O)N2C(C(=O)O)CS[C@H]12)c1csc(N)n1)C(=O)O. The monoisotopic (exact) mass is 443 g/mol. The topological polar surface area (TPSA) is 185 Å². The standard InChI is InChI=1S/C15H17N5O7S2/c1-15(2,13(25)26)27-19-7(5-3-29-14(16)17-5)9(21)18-8-10(22)20-6(12(23)24)4-28-11(8)20/h3,6,8,11H,4H2,1-2H3,(H2,16,17)(H,18,21)(H,23,24)(H,25,26)/b19-7-/t6?,8?,11-/m1/s1. The minimum atomic E-state index is -1.72. The minimum Gasteiger partial charge on any atom is -0.480 e. The van der Waals surface area contributed by atoms with E-state index in [4.69, 9.17) is 20.8 Å². The van der Waals surface area contributed by atoms with Gasteiger partial charge < -0.3 is 31.0 Å². The number of amides is 2. The average molecular weight is 443 g/mol. The smallest absolute Gasteiger partial charge is 0.350 e. The zero-order valence-electron chi connectivity index (χ0n) is 15.2. The maximum Gasteiger partial charge on any atom is 0.350 e. The van der Waals surface area contributed by atoms with Gasteiger partial charge in [-0.25, -0.2) is 14.6 Å². The number of hydrogen-bond acceptors (Lipinski definition) is 10. The molecule has 0 saturated carbocycles. The van der Waals surface area contributed by atoms with Crippen LogP contribution < -0.4 is 11.1 Å². The van der Waals surface area contributed by atoms with Crippen LogP contribution in [0.1, 0.15) is 19.5 Å². The molecule has 2 aliphatic heterocycles. The molecule has 14 heteroatoms. The van der Waals surface area contributed by atoms with Crippen molar-refractivity contribution in [1.29, 1.82) is 0 Å². The van der Waals surface area contributed by atoms with Gasteiger partial charge in [-0.3, -0.25) is 9.59 Å². The van der Waals surface area contributed by atoms with Crippen molar-refractivity contribution in [2.45, 2.75) is 36.9 Å². The number of thioether (sulfide) groups is 1. The van der Waals surface area contributed by atoms with Gasteiger partial charge in [0, 0.05) is 11.1 Å². The zero-order chi connectivity index (χ0) is 21.5. The molecule has 1 aromatic rings. The molecule has 2 unspecified atom stereocenters. The molecule has 0 aromatic carbocycles. The van der Waals surface area contributed by atoms with E-state index in [1.807, 2.05) is 0 Å². The molecule has 0 radical (unpaired) electrons. The number of nitrogen functional groups attached to an aromatic ring is 1. The van der Waals surface area contributed by atoms with Gasteiger partial charge in [0.05, 0.1) is 0 Å². The van der Waals surface area contributed by atoms with Crippen LogP contribution in [0.2, 0.25) is 0 Å². The summed E-state index contributed by atoms with van der Waals surface area (Å²) in [5.74, 6) is -3.54. The number of carbonyl (C=O) groups excluding carboxylic acids is 2. The number of carbonyl (C=O) groups is 4. The molecule has 156 valence electrons. The number of fused-ring (bicyclic) bond motifs is 1. The van der Waals surface area contributed by atoms with Crippen molar-refractivity contribution < 1.29 is 34.2 Å². The fourth-order valence-electron chi connectivity index (χ4n) is 2.60. The van der Waals surface area contributed by atoms with Crippen molar-refractivity contribution >= 4 is 57.7 Å². The number of oxime groups is 1. The van der Waals surface area contributed by atoms with Gasteiger partial charge in [-0.05, 0) is 13.8 Å². The van der Waals surface area contributed by atoms with Crippen LogP contribution in [0.3, 0.4) is 0 Å². The number of aromatic nitrogens is 1. The Kier molecular flexibility index (Phi) is 5.40. The molecule has 2 aliphatic rings. The Balaban J connectivity index is 1.79. The quantitative estimate of drug-likeness (QED) is 0.235. The van der Waals surface area contributed by atoms with Gasteiger partial charge in [-0.1, -0.05) is 5.16 Å². The van der Waals surface area contributed by atoms with Gasteiger partial charge in [0.1, 0.15) is 23.2 Å². The molecule has 1 aromatic heterocycles. The molecule has 2 saturated heterocycles. The number of nitrogens with one attached hydrogen (secondary N) is 1. The predicted molar refractivity (Wildman–Crippen MR) is 102 cm³/mol. The molecular weight excluding hydrogens is 426 g/mol. The van der Waals surface area contributed by atoms with E-state index < -0.39 is 46.8 Å². The summed E-state index contributed by atoms with van der Waals surface area (Å²) in [6, 6.07) is -1.87. The second-order valence-electron chi connectivity index (χ2n) is 6.69. The lowest BCUT2D eigenvalue weighted by molar-refractivity contribution is -0.161. The molecule has 3 atom stereocenters. The highest BCUT2D eigenvalue weighted by atomic mass is 32.2. The fourth-order valence-corrected chi connectivity index (χ4v) is 4.62. The first-order chi connectivity index (χ1) is 13.5. The Morgan fingerprint density at radius 3 is 2.66 bits per heavy atom. The minimum absolute atomic E-state index is 0.0531. The van der Waals surface area contributed by atoms with E-state index in [-0.39, 0.29) is 22.3 Å². The Morgan fingerprint density at radius 1 is 1.41 bits per heavy atom. The molecular formula is C15H17N5O7S2. The van der Waals surface area contributed by atoms with Crippen molar-refractivity contribution in [3.8, 4) is 0 Å². The lowest BCUT2D eigenvalue weighted by atomic mass is 10.0. The molecule has 0 bridgehead atoms. The molecule has 0 aliphatic carbocycles. The van der Waals surface area contributed by atoms with Crippen LogP contribution in [-0.2, 0) is 24.0 Å². The van der Waals surface area contributed by atoms with Crippen LogP contribution in [-0.4, -0.2) is 78.4 Å². The summed E-state index contributed by atoms with van der Waals surface area (Å²) in [5.41, 5.74) is 3.57. The normalized spacial score (nSPS) is 23.9. The highest BCUT2D eigenvalue weighted by Crippen LogP contribution is 2.39. The van der Waals surface area contributed by atoms with E-state index >= 15 is 0 Å². The van der Waals surface area contributed by atoms with E-state index in [0.29, 0.717) is 0 Å². The average Bonchev–Trinajstić information content (AvgIpc) is 3.24. The highest BCUT2D eigenvalue weighted by Gasteiger charge is 2.57. The maximum atomic E-state index is 12.8. The first kappa shape index (κ1) is 20.9. The van der Waals surface area contributed by atoms with E-state index in [1.54, 1.807) is 0 Å². The second-order valence-corrected chi connectivity index (χ2v) is 8.73. The third-order valence-corrected chi connectivity index (χ3v) is 6.29. The van der Waals surface area contributed by atoms with Gasteiger partial charge in [-0.15, -0.1) is 23.1 Å². The van der Waals surface area contributed by atoms with Crippen LogP contribution in [0.25, 0.3) is 0 Å². The summed E-state index contributed by atoms with van der Waals surface area (Å²) in [7, 11) is 0. The molecule has 12 nitrogen and oxygen atoms in total. The Bertz CT molecular complexity index is 915. The molecule has 0 spiro atoms. The van der Waals surface area contributed by atoms with Crippen LogP contribution in [0.5, 0.6) is 0 Å². The fraction of sp³-hybridized carbons (Fsp3) is 0.467. The number of hydrogen-bond donors (Lipinski definition) is 4. The number of aliphatic carboxylic acids is 2. The molecule has 3 heterocycles. The number of β-lactam (4-membered cyclic amide) rings is 1. The molecule has 5 N–H and O–H groups in total. The molecule has 29 heavy (non-hydrogen) atoms. The number of carboxylic acids is 2. The van der Waals surface area contributed by atoms with Crippen molar-refractivity contribution in [3.05, 3.63) is 11.1 Å². The lowest BCUT2D eigenvalue weighted by Gasteiger charge is -2.43. The molecule has 2 amide bonds. The Morgan fingerprint density at radius 2 is 2.10 bits per heavy atom. The van der Waals surface area contributed by atoms with Crippen molar-refractivity contribution in [2.24, 2.45) is 5.16 Å². The number of nitrogens with two attached hydrogens (primary N) is 1. The van der Waals surface area contributed by atoms with Gasteiger partial charge in [0.15, 0.2) is 10.8 Å². The first-order valence-corrected chi connectivity index (χ1v) is 10.1. The van der Waals surface area contributed by atoms with Gasteiger partial charge in [0.25, 0.3) is 5.91 Å². The molecule has 2 fully saturated rings. The summed E-state index contributed by atoms with van der Waals surface area (Å²) in [6.45, 7) is 2.50. The maximum absolute atomic E-state index is 12.8. The summed E-state index contributed by atoms with van der Waals surface area (Å²) < 4.78 is 0. The number of carboxylic acid groups (broad SMARTS) is 2. The number of thiazole rings is 1. The predicted octanol–water partition coefficient (Wildman–Crippen LogP) is -0.838. The summed E-state index contributed by atoms with van der Waals surface area (Å²) in [6.07, 6.45) is 0. The third-order valence-electron chi connectivity index (χ3n) is 4.27. The lowest BCUT2D eigenvalue weighted by Crippen LogP contribution is -2.70. The van der Waals surface area contributed by atoms with Crippen LogP contribution in [0, 0.1) is 0 Å². The number of nitrogens with zero attached hydrogens (tertiary/aromatic N) is 3. The van der Waals surface area contributed by atoms with Crippen molar-refractivity contribution in [1.82, 2.24) is 15.2 Å². The van der Waals surface area contributed by atoms with Gasteiger partial charge in [0.2, 0.25) is 11.5 Å². The zero-order valence-corrected chi connectivity index (χ0v) is 16.8. The van der Waals surface area contributed by atoms with Crippen LogP contribution in [0.4, 0.5) is 5.13 Å². The van der Waals surface area contributed by atoms with E-state index in [0.717, 1.165) is 11.3 Å². The summed E-state index contributed by atoms with van der Waals surface area (Å²) in [5, 5.41) is 25.5. The van der Waals surface area contributed by atoms with E-state index in [9.17, 15) is 19.2 Å². The third kappa shape index (κ3) is 3.85.